The Morgan fingerprint density at radius 1 is 1.04 bits per heavy atom. The van der Waals surface area contributed by atoms with E-state index in [4.69, 9.17) is 0 Å². The molecule has 0 radical (unpaired) electrons. The van der Waals surface area contributed by atoms with Crippen LogP contribution in [0.1, 0.15) is 32.8 Å². The van der Waals surface area contributed by atoms with Crippen LogP contribution in [0.15, 0.2) is 24.3 Å². The summed E-state index contributed by atoms with van der Waals surface area (Å²) in [6.07, 6.45) is 0.368. The Morgan fingerprint density at radius 3 is 2.29 bits per heavy atom. The predicted molar refractivity (Wildman–Crippen MR) is 87.8 cm³/mol. The number of carbonyl (C=O) groups excluding carboxylic acids is 3. The van der Waals surface area contributed by atoms with E-state index in [-0.39, 0.29) is 29.3 Å². The monoisotopic (exact) mass is 327 g/mol. The lowest BCUT2D eigenvalue weighted by molar-refractivity contribution is -0.146. The molecule has 3 saturated heterocycles. The van der Waals surface area contributed by atoms with Crippen molar-refractivity contribution < 1.29 is 14.4 Å². The van der Waals surface area contributed by atoms with E-state index in [2.05, 4.69) is 0 Å². The Morgan fingerprint density at radius 2 is 1.67 bits per heavy atom. The van der Waals surface area contributed by atoms with Crippen molar-refractivity contribution >= 4 is 23.4 Å². The normalized spacial score (nSPS) is 31.8. The fourth-order valence-corrected chi connectivity index (χ4v) is 4.49. The van der Waals surface area contributed by atoms with Gasteiger partial charge < -0.3 is 0 Å². The highest BCUT2D eigenvalue weighted by Crippen LogP contribution is 2.47. The Kier molecular flexibility index (Phi) is 2.98. The maximum absolute atomic E-state index is 13.0. The van der Waals surface area contributed by atoms with Crippen LogP contribution < -0.4 is 4.90 Å². The number of fused-ring (bicyclic) bond motifs is 3. The minimum atomic E-state index is -0.705. The van der Waals surface area contributed by atoms with Crippen molar-refractivity contribution in [3.8, 4) is 0 Å². The zero-order valence-electron chi connectivity index (χ0n) is 14.3. The highest BCUT2D eigenvalue weighted by atomic mass is 16.2. The highest BCUT2D eigenvalue weighted by Gasteiger charge is 2.66. The number of benzene rings is 1. The molecule has 0 aromatic heterocycles. The van der Waals surface area contributed by atoms with Gasteiger partial charge in [0.05, 0.1) is 11.6 Å². The lowest BCUT2D eigenvalue weighted by atomic mass is 9.92. The molecule has 3 aliphatic heterocycles. The topological polar surface area (TPSA) is 60.9 Å². The van der Waals surface area contributed by atoms with E-state index >= 15 is 0 Å². The zero-order chi connectivity index (χ0) is 17.4. The molecule has 3 atom stereocenters. The van der Waals surface area contributed by atoms with Crippen molar-refractivity contribution in [2.45, 2.75) is 51.7 Å². The zero-order valence-corrected chi connectivity index (χ0v) is 14.3. The Balaban J connectivity index is 1.76. The largest absolute Gasteiger partial charge is 0.274 e. The first-order chi connectivity index (χ1) is 11.2. The second kappa shape index (κ2) is 4.66. The van der Waals surface area contributed by atoms with E-state index in [0.717, 1.165) is 5.56 Å². The second-order valence-corrected chi connectivity index (χ2v) is 7.63. The van der Waals surface area contributed by atoms with Crippen molar-refractivity contribution in [3.05, 3.63) is 29.8 Å². The highest BCUT2D eigenvalue weighted by molar-refractivity contribution is 6.24. The molecule has 0 N–H and O–H groups in total. The first-order valence-corrected chi connectivity index (χ1v) is 8.30. The first-order valence-electron chi connectivity index (χ1n) is 8.30. The van der Waals surface area contributed by atoms with Crippen molar-refractivity contribution in [1.82, 2.24) is 10.0 Å². The van der Waals surface area contributed by atoms with Crippen LogP contribution >= 0.6 is 0 Å². The number of anilines is 1. The minimum absolute atomic E-state index is 0.0775. The quantitative estimate of drug-likeness (QED) is 0.733. The molecule has 24 heavy (non-hydrogen) atoms. The summed E-state index contributed by atoms with van der Waals surface area (Å²) in [6, 6.07) is 6.44. The summed E-state index contributed by atoms with van der Waals surface area (Å²) in [4.78, 5) is 39.7. The molecule has 1 aromatic carbocycles. The van der Waals surface area contributed by atoms with E-state index in [1.807, 2.05) is 44.8 Å². The van der Waals surface area contributed by atoms with Crippen LogP contribution in [0.5, 0.6) is 0 Å². The molecular weight excluding hydrogens is 306 g/mol. The van der Waals surface area contributed by atoms with Gasteiger partial charge in [0.15, 0.2) is 0 Å². The number of amides is 3. The average molecular weight is 327 g/mol. The Hall–Kier alpha value is -2.21. The van der Waals surface area contributed by atoms with Crippen LogP contribution in [0.3, 0.4) is 0 Å². The van der Waals surface area contributed by atoms with Gasteiger partial charge in [-0.25, -0.2) is 9.91 Å². The molecule has 0 aliphatic carbocycles. The van der Waals surface area contributed by atoms with E-state index in [9.17, 15) is 14.4 Å². The molecule has 3 amide bonds. The smallest absolute Gasteiger partial charge is 0.259 e. The third-order valence-corrected chi connectivity index (χ3v) is 5.47. The molecule has 0 saturated carbocycles. The van der Waals surface area contributed by atoms with Gasteiger partial charge in [0, 0.05) is 18.0 Å². The van der Waals surface area contributed by atoms with E-state index in [1.54, 1.807) is 17.1 Å². The van der Waals surface area contributed by atoms with E-state index in [0.29, 0.717) is 12.1 Å². The maximum atomic E-state index is 13.0. The molecule has 1 aromatic rings. The number of hydrogen-bond acceptors (Lipinski definition) is 4. The van der Waals surface area contributed by atoms with E-state index in [1.165, 1.54) is 4.90 Å². The summed E-state index contributed by atoms with van der Waals surface area (Å²) in [5.41, 5.74) is 1.28. The maximum Gasteiger partial charge on any atom is 0.259 e. The molecule has 3 fully saturated rings. The fourth-order valence-electron chi connectivity index (χ4n) is 4.49. The summed E-state index contributed by atoms with van der Waals surface area (Å²) in [7, 11) is 0. The predicted octanol–water partition coefficient (Wildman–Crippen LogP) is 1.48. The molecule has 0 bridgehead atoms. The molecule has 3 heterocycles. The number of hydrazine groups is 1. The van der Waals surface area contributed by atoms with Gasteiger partial charge in [-0.2, -0.15) is 0 Å². The van der Waals surface area contributed by atoms with Crippen molar-refractivity contribution in [3.63, 3.8) is 0 Å². The van der Waals surface area contributed by atoms with Crippen LogP contribution in [0.25, 0.3) is 0 Å². The average Bonchev–Trinajstić information content (AvgIpc) is 3.03. The van der Waals surface area contributed by atoms with Gasteiger partial charge in [-0.05, 0) is 39.8 Å². The molecule has 0 spiro atoms. The first kappa shape index (κ1) is 15.3. The number of hydrogen-bond donors (Lipinski definition) is 0. The molecule has 3 aliphatic rings. The third-order valence-electron chi connectivity index (χ3n) is 5.47. The standard InChI is InChI=1S/C18H21N3O3/c1-10-5-7-12(8-6-10)19-16(23)14-11(2)21-18(3,4)9-13(22)20(21)15(14)17(19)24/h5-8,11,14-15H,9H2,1-4H3/t11-,14+,15-/m1/s1. The van der Waals surface area contributed by atoms with Crippen molar-refractivity contribution in [2.24, 2.45) is 5.92 Å². The van der Waals surface area contributed by atoms with Crippen molar-refractivity contribution in [2.75, 3.05) is 4.90 Å². The lowest BCUT2D eigenvalue weighted by Crippen LogP contribution is -2.51. The van der Waals surface area contributed by atoms with Crippen LogP contribution in [0.2, 0.25) is 0 Å². The number of imide groups is 1. The fraction of sp³-hybridized carbons (Fsp3) is 0.500. The summed E-state index contributed by atoms with van der Waals surface area (Å²) in [5.74, 6) is -1.08. The SMILES string of the molecule is Cc1ccc(N2C(=O)[C@H]3[C@@H](C)N4N(C(=O)CC4(C)C)[C@H]3C2=O)cc1. The van der Waals surface area contributed by atoms with Gasteiger partial charge in [-0.1, -0.05) is 17.7 Å². The molecule has 126 valence electrons. The number of carbonyl (C=O) groups is 3. The summed E-state index contributed by atoms with van der Waals surface area (Å²) < 4.78 is 0. The van der Waals surface area contributed by atoms with Crippen LogP contribution in [0.4, 0.5) is 5.69 Å². The Labute approximate surface area is 141 Å². The van der Waals surface area contributed by atoms with Gasteiger partial charge >= 0.3 is 0 Å². The van der Waals surface area contributed by atoms with Gasteiger partial charge in [-0.15, -0.1) is 0 Å². The number of nitrogens with zero attached hydrogens (tertiary/aromatic N) is 3. The molecule has 4 rings (SSSR count). The van der Waals surface area contributed by atoms with E-state index < -0.39 is 12.0 Å². The summed E-state index contributed by atoms with van der Waals surface area (Å²) in [6.45, 7) is 7.85. The molecular formula is C18H21N3O3. The summed E-state index contributed by atoms with van der Waals surface area (Å²) in [5, 5.41) is 3.48. The van der Waals surface area contributed by atoms with Crippen LogP contribution in [-0.2, 0) is 14.4 Å². The summed E-state index contributed by atoms with van der Waals surface area (Å²) >= 11 is 0. The van der Waals surface area contributed by atoms with Gasteiger partial charge in [0.2, 0.25) is 11.8 Å². The minimum Gasteiger partial charge on any atom is -0.274 e. The van der Waals surface area contributed by atoms with Crippen LogP contribution in [0, 0.1) is 12.8 Å². The van der Waals surface area contributed by atoms with Crippen LogP contribution in [-0.4, -0.2) is 45.4 Å². The van der Waals surface area contributed by atoms with Gasteiger partial charge in [0.25, 0.3) is 5.91 Å². The molecule has 0 unspecified atom stereocenters. The Bertz CT molecular complexity index is 755. The second-order valence-electron chi connectivity index (χ2n) is 7.63. The number of rotatable bonds is 1. The third kappa shape index (κ3) is 1.77. The molecule has 6 nitrogen and oxygen atoms in total. The van der Waals surface area contributed by atoms with Gasteiger partial charge in [-0.3, -0.25) is 19.4 Å². The van der Waals surface area contributed by atoms with Gasteiger partial charge in [0.1, 0.15) is 6.04 Å². The van der Waals surface area contributed by atoms with Crippen molar-refractivity contribution in [1.29, 1.82) is 0 Å². The lowest BCUT2D eigenvalue weighted by Gasteiger charge is -2.36. The number of aryl methyl sites for hydroxylation is 1. The molecule has 6 heteroatoms.